The molecule has 1 fully saturated rings. The van der Waals surface area contributed by atoms with Gasteiger partial charge in [0.2, 0.25) is 5.95 Å². The van der Waals surface area contributed by atoms with Gasteiger partial charge in [0.15, 0.2) is 5.65 Å². The minimum absolute atomic E-state index is 0.379. The first-order valence-electron chi connectivity index (χ1n) is 7.33. The minimum Gasteiger partial charge on any atom is -0.369 e. The van der Waals surface area contributed by atoms with Crippen LogP contribution in [0, 0.1) is 5.92 Å². The quantitative estimate of drug-likeness (QED) is 0.476. The normalized spacial score (nSPS) is 19.5. The topological polar surface area (TPSA) is 108 Å². The molecule has 3 rings (SSSR count). The van der Waals surface area contributed by atoms with Gasteiger partial charge in [-0.1, -0.05) is 0 Å². The molecule has 5 N–H and O–H groups in total. The highest BCUT2D eigenvalue weighted by molar-refractivity contribution is 5.86. The maximum absolute atomic E-state index is 5.40. The Morgan fingerprint density at radius 1 is 1.48 bits per heavy atom. The molecule has 0 aliphatic carbocycles. The van der Waals surface area contributed by atoms with Crippen LogP contribution in [-0.4, -0.2) is 50.7 Å². The standard InChI is InChI=1S/C13H22N8/c1-8(2)21-4-3-9(7-21)5-15-11-10-6-16-20-12(10)18-13(17-11)19-14/h6,8-9H,3-5,7,14H2,1-2H3,(H3,15,16,17,18,19,20). The van der Waals surface area contributed by atoms with Gasteiger partial charge in [-0.3, -0.25) is 10.5 Å². The first-order valence-corrected chi connectivity index (χ1v) is 7.33. The van der Waals surface area contributed by atoms with E-state index < -0.39 is 0 Å². The summed E-state index contributed by atoms with van der Waals surface area (Å²) in [5.41, 5.74) is 3.16. The molecule has 2 aromatic heterocycles. The number of anilines is 2. The lowest BCUT2D eigenvalue weighted by Crippen LogP contribution is -2.29. The lowest BCUT2D eigenvalue weighted by atomic mass is 10.1. The molecule has 2 aromatic rings. The number of hydrogen-bond acceptors (Lipinski definition) is 7. The first kappa shape index (κ1) is 14.0. The Hall–Kier alpha value is -1.93. The van der Waals surface area contributed by atoms with Gasteiger partial charge < -0.3 is 10.2 Å². The summed E-state index contributed by atoms with van der Waals surface area (Å²) in [6.45, 7) is 7.68. The molecule has 8 heteroatoms. The molecule has 0 spiro atoms. The molecule has 0 bridgehead atoms. The highest BCUT2D eigenvalue weighted by atomic mass is 15.3. The van der Waals surface area contributed by atoms with Crippen molar-refractivity contribution in [3.63, 3.8) is 0 Å². The zero-order chi connectivity index (χ0) is 14.8. The molecule has 1 saturated heterocycles. The van der Waals surface area contributed by atoms with E-state index in [2.05, 4.69) is 49.7 Å². The molecule has 0 saturated carbocycles. The summed E-state index contributed by atoms with van der Waals surface area (Å²) >= 11 is 0. The summed E-state index contributed by atoms with van der Waals surface area (Å²) in [5, 5.41) is 11.1. The molecular formula is C13H22N8. The highest BCUT2D eigenvalue weighted by Crippen LogP contribution is 2.22. The van der Waals surface area contributed by atoms with E-state index in [0.29, 0.717) is 23.6 Å². The molecule has 1 aliphatic rings. The maximum atomic E-state index is 5.40. The van der Waals surface area contributed by atoms with Crippen molar-refractivity contribution in [2.75, 3.05) is 30.4 Å². The number of fused-ring (bicyclic) bond motifs is 1. The second kappa shape index (κ2) is 5.82. The maximum Gasteiger partial charge on any atom is 0.241 e. The van der Waals surface area contributed by atoms with Gasteiger partial charge in [-0.05, 0) is 32.7 Å². The average Bonchev–Trinajstić information content (AvgIpc) is 3.13. The highest BCUT2D eigenvalue weighted by Gasteiger charge is 2.24. The number of likely N-dealkylation sites (tertiary alicyclic amines) is 1. The molecule has 8 nitrogen and oxygen atoms in total. The number of nitrogens with two attached hydrogens (primary N) is 1. The molecule has 0 amide bonds. The van der Waals surface area contributed by atoms with Gasteiger partial charge >= 0.3 is 0 Å². The fraction of sp³-hybridized carbons (Fsp3) is 0.615. The van der Waals surface area contributed by atoms with Gasteiger partial charge in [0.1, 0.15) is 5.82 Å². The Bertz CT molecular complexity index is 607. The second-order valence-electron chi connectivity index (χ2n) is 5.80. The lowest BCUT2D eigenvalue weighted by molar-refractivity contribution is 0.266. The van der Waals surface area contributed by atoms with Crippen LogP contribution in [0.2, 0.25) is 0 Å². The Labute approximate surface area is 123 Å². The molecule has 114 valence electrons. The molecular weight excluding hydrogens is 268 g/mol. The van der Waals surface area contributed by atoms with Gasteiger partial charge in [0, 0.05) is 19.1 Å². The van der Waals surface area contributed by atoms with E-state index in [-0.39, 0.29) is 0 Å². The van der Waals surface area contributed by atoms with Crippen molar-refractivity contribution < 1.29 is 0 Å². The van der Waals surface area contributed by atoms with Crippen molar-refractivity contribution in [3.8, 4) is 0 Å². The number of nitrogen functional groups attached to an aromatic ring is 1. The monoisotopic (exact) mass is 290 g/mol. The summed E-state index contributed by atoms with van der Waals surface area (Å²) in [6, 6.07) is 0.614. The van der Waals surface area contributed by atoms with Crippen LogP contribution < -0.4 is 16.6 Å². The number of nitrogens with zero attached hydrogens (tertiary/aromatic N) is 4. The zero-order valence-corrected chi connectivity index (χ0v) is 12.4. The largest absolute Gasteiger partial charge is 0.369 e. The Morgan fingerprint density at radius 3 is 3.05 bits per heavy atom. The molecule has 1 aliphatic heterocycles. The minimum atomic E-state index is 0.379. The van der Waals surface area contributed by atoms with E-state index in [1.807, 2.05) is 0 Å². The predicted octanol–water partition coefficient (Wildman–Crippen LogP) is 0.781. The van der Waals surface area contributed by atoms with Gasteiger partial charge in [-0.2, -0.15) is 15.1 Å². The van der Waals surface area contributed by atoms with E-state index in [4.69, 9.17) is 5.84 Å². The van der Waals surface area contributed by atoms with Gasteiger partial charge in [-0.25, -0.2) is 5.84 Å². The Kier molecular flexibility index (Phi) is 3.89. The number of hydrazine groups is 1. The van der Waals surface area contributed by atoms with Crippen molar-refractivity contribution in [2.45, 2.75) is 26.3 Å². The summed E-state index contributed by atoms with van der Waals surface area (Å²) in [6.07, 6.45) is 2.94. The lowest BCUT2D eigenvalue weighted by Gasteiger charge is -2.20. The summed E-state index contributed by atoms with van der Waals surface area (Å²) in [4.78, 5) is 11.1. The number of aromatic nitrogens is 4. The van der Waals surface area contributed by atoms with Crippen LogP contribution in [0.15, 0.2) is 6.20 Å². The summed E-state index contributed by atoms with van der Waals surface area (Å²) in [7, 11) is 0. The van der Waals surface area contributed by atoms with Crippen LogP contribution in [0.1, 0.15) is 20.3 Å². The summed E-state index contributed by atoms with van der Waals surface area (Å²) < 4.78 is 0. The molecule has 1 unspecified atom stereocenters. The molecule has 3 heterocycles. The van der Waals surface area contributed by atoms with E-state index >= 15 is 0 Å². The van der Waals surface area contributed by atoms with E-state index in [0.717, 1.165) is 24.3 Å². The number of aromatic amines is 1. The molecule has 1 atom stereocenters. The number of nitrogens with one attached hydrogen (secondary N) is 3. The van der Waals surface area contributed by atoms with Crippen LogP contribution in [0.4, 0.5) is 11.8 Å². The van der Waals surface area contributed by atoms with Crippen LogP contribution in [0.3, 0.4) is 0 Å². The fourth-order valence-electron chi connectivity index (χ4n) is 2.77. The predicted molar refractivity (Wildman–Crippen MR) is 82.8 cm³/mol. The number of rotatable bonds is 5. The molecule has 0 aromatic carbocycles. The SMILES string of the molecule is CC(C)N1CCC(CNc2nc(NN)nc3[nH]ncc23)C1. The van der Waals surface area contributed by atoms with Crippen molar-refractivity contribution >= 4 is 22.8 Å². The van der Waals surface area contributed by atoms with Crippen molar-refractivity contribution in [2.24, 2.45) is 11.8 Å². The third-order valence-electron chi connectivity index (χ3n) is 4.04. The molecule has 0 radical (unpaired) electrons. The number of hydrogen-bond donors (Lipinski definition) is 4. The van der Waals surface area contributed by atoms with Crippen molar-refractivity contribution in [1.29, 1.82) is 0 Å². The first-order chi connectivity index (χ1) is 10.2. The number of H-pyrrole nitrogens is 1. The van der Waals surface area contributed by atoms with Crippen LogP contribution in [0.5, 0.6) is 0 Å². The van der Waals surface area contributed by atoms with Crippen molar-refractivity contribution in [1.82, 2.24) is 25.1 Å². The molecule has 21 heavy (non-hydrogen) atoms. The zero-order valence-electron chi connectivity index (χ0n) is 12.4. The van der Waals surface area contributed by atoms with Crippen LogP contribution in [0.25, 0.3) is 11.0 Å². The second-order valence-corrected chi connectivity index (χ2v) is 5.80. The van der Waals surface area contributed by atoms with Crippen LogP contribution >= 0.6 is 0 Å². The third-order valence-corrected chi connectivity index (χ3v) is 4.04. The average molecular weight is 290 g/mol. The van der Waals surface area contributed by atoms with E-state index in [1.165, 1.54) is 13.0 Å². The van der Waals surface area contributed by atoms with Gasteiger partial charge in [-0.15, -0.1) is 0 Å². The van der Waals surface area contributed by atoms with Gasteiger partial charge in [0.25, 0.3) is 0 Å². The fourth-order valence-corrected chi connectivity index (χ4v) is 2.77. The summed E-state index contributed by atoms with van der Waals surface area (Å²) in [5.74, 6) is 7.19. The third kappa shape index (κ3) is 2.91. The smallest absolute Gasteiger partial charge is 0.241 e. The van der Waals surface area contributed by atoms with Crippen LogP contribution in [-0.2, 0) is 0 Å². The van der Waals surface area contributed by atoms with Gasteiger partial charge in [0.05, 0.1) is 11.6 Å². The Balaban J connectivity index is 1.69. The van der Waals surface area contributed by atoms with E-state index in [9.17, 15) is 0 Å². The van der Waals surface area contributed by atoms with E-state index in [1.54, 1.807) is 6.20 Å². The van der Waals surface area contributed by atoms with Crippen molar-refractivity contribution in [3.05, 3.63) is 6.20 Å². The Morgan fingerprint density at radius 2 is 2.33 bits per heavy atom.